The van der Waals surface area contributed by atoms with Crippen LogP contribution in [0.4, 0.5) is 0 Å². The van der Waals surface area contributed by atoms with Crippen molar-refractivity contribution in [2.75, 3.05) is 0 Å². The van der Waals surface area contributed by atoms with Crippen LogP contribution < -0.4 is 0 Å². The number of fused-ring (bicyclic) bond motifs is 2. The van der Waals surface area contributed by atoms with Gasteiger partial charge in [0.25, 0.3) is 0 Å². The van der Waals surface area contributed by atoms with Crippen molar-refractivity contribution in [2.45, 2.75) is 0 Å². The summed E-state index contributed by atoms with van der Waals surface area (Å²) in [6.45, 7) is 0. The fourth-order valence-electron chi connectivity index (χ4n) is 4.88. The van der Waals surface area contributed by atoms with E-state index in [1.165, 1.54) is 0 Å². The zero-order valence-electron chi connectivity index (χ0n) is 21.0. The summed E-state index contributed by atoms with van der Waals surface area (Å²) in [4.78, 5) is 9.86. The maximum absolute atomic E-state index is 9.90. The van der Waals surface area contributed by atoms with Gasteiger partial charge in [-0.05, 0) is 89.0 Å². The second-order valence-corrected chi connectivity index (χ2v) is 11.4. The average molecular weight is 547 g/mol. The van der Waals surface area contributed by atoms with Crippen molar-refractivity contribution in [2.24, 2.45) is 0 Å². The Morgan fingerprint density at radius 1 is 0.500 bits per heavy atom. The van der Waals surface area contributed by atoms with Crippen LogP contribution in [0.5, 0.6) is 0 Å². The predicted molar refractivity (Wildman–Crippen MR) is 164 cm³/mol. The van der Waals surface area contributed by atoms with Crippen molar-refractivity contribution in [1.82, 2.24) is 9.97 Å². The summed E-state index contributed by atoms with van der Waals surface area (Å²) in [7, 11) is 0. The van der Waals surface area contributed by atoms with E-state index in [4.69, 9.17) is 9.97 Å². The number of benzene rings is 5. The second-order valence-electron chi connectivity index (χ2n) is 9.34. The number of hydrogen-bond donors (Lipinski definition) is 0. The lowest BCUT2D eigenvalue weighted by atomic mass is 9.93. The normalized spacial score (nSPS) is 10.9. The number of hydrogen-bond acceptors (Lipinski definition) is 6. The molecule has 0 fully saturated rings. The van der Waals surface area contributed by atoms with Gasteiger partial charge in [-0.2, -0.15) is 10.5 Å². The van der Waals surface area contributed by atoms with Crippen LogP contribution in [0.15, 0.2) is 109 Å². The van der Waals surface area contributed by atoms with E-state index in [1.54, 1.807) is 28.7 Å². The van der Waals surface area contributed by atoms with Crippen LogP contribution in [0.25, 0.3) is 63.8 Å². The van der Waals surface area contributed by atoms with Crippen molar-refractivity contribution in [3.05, 3.63) is 120 Å². The monoisotopic (exact) mass is 546 g/mol. The molecule has 0 spiro atoms. The first kappa shape index (κ1) is 23.9. The SMILES string of the molecule is N#Cc1cc(-c2cc(-c3nc4ccccc4s3)cc(-c3nc4ccccc4s3)c2)cc(-c2ccccc2C#N)c1. The number of nitriles is 2. The maximum Gasteiger partial charge on any atom is 0.124 e. The van der Waals surface area contributed by atoms with Gasteiger partial charge < -0.3 is 0 Å². The molecule has 0 N–H and O–H groups in total. The Hall–Kier alpha value is -5.14. The van der Waals surface area contributed by atoms with Crippen LogP contribution in [0, 0.1) is 22.7 Å². The molecule has 0 saturated carbocycles. The van der Waals surface area contributed by atoms with E-state index in [0.29, 0.717) is 11.1 Å². The van der Waals surface area contributed by atoms with E-state index >= 15 is 0 Å². The summed E-state index contributed by atoms with van der Waals surface area (Å²) in [5.41, 5.74) is 8.52. The smallest absolute Gasteiger partial charge is 0.124 e. The van der Waals surface area contributed by atoms with Gasteiger partial charge in [-0.3, -0.25) is 0 Å². The van der Waals surface area contributed by atoms with E-state index in [1.807, 2.05) is 66.7 Å². The van der Waals surface area contributed by atoms with Crippen LogP contribution in [0.2, 0.25) is 0 Å². The summed E-state index contributed by atoms with van der Waals surface area (Å²) in [6, 6.07) is 40.6. The third-order valence-electron chi connectivity index (χ3n) is 6.77. The van der Waals surface area contributed by atoms with E-state index in [0.717, 1.165) is 63.8 Å². The van der Waals surface area contributed by atoms with E-state index in [2.05, 4.69) is 48.5 Å². The topological polar surface area (TPSA) is 73.4 Å². The first-order chi connectivity index (χ1) is 19.7. The minimum absolute atomic E-state index is 0.534. The molecule has 0 aliphatic rings. The lowest BCUT2D eigenvalue weighted by molar-refractivity contribution is 1.44. The Morgan fingerprint density at radius 2 is 1.00 bits per heavy atom. The fraction of sp³-hybridized carbons (Fsp3) is 0. The lowest BCUT2D eigenvalue weighted by Crippen LogP contribution is -1.90. The average Bonchev–Trinajstić information content (AvgIpc) is 3.65. The quantitative estimate of drug-likeness (QED) is 0.220. The molecule has 0 unspecified atom stereocenters. The van der Waals surface area contributed by atoms with Gasteiger partial charge in [0.15, 0.2) is 0 Å². The Bertz CT molecular complexity index is 2000. The zero-order valence-corrected chi connectivity index (χ0v) is 22.6. The molecule has 6 heteroatoms. The Labute approximate surface area is 238 Å². The molecule has 5 aromatic carbocycles. The van der Waals surface area contributed by atoms with E-state index in [9.17, 15) is 10.5 Å². The minimum atomic E-state index is 0.534. The summed E-state index contributed by atoms with van der Waals surface area (Å²) in [5, 5.41) is 21.5. The molecule has 0 radical (unpaired) electrons. The zero-order chi connectivity index (χ0) is 27.1. The van der Waals surface area contributed by atoms with Crippen molar-refractivity contribution in [3.8, 4) is 55.5 Å². The summed E-state index contributed by atoms with van der Waals surface area (Å²) >= 11 is 3.32. The highest BCUT2D eigenvalue weighted by molar-refractivity contribution is 7.22. The number of rotatable bonds is 4. The summed E-state index contributed by atoms with van der Waals surface area (Å²) in [5.74, 6) is 0. The van der Waals surface area contributed by atoms with Crippen LogP contribution in [0.1, 0.15) is 11.1 Å². The van der Waals surface area contributed by atoms with Gasteiger partial charge in [0.05, 0.1) is 43.7 Å². The molecule has 0 aliphatic carbocycles. The molecule has 0 amide bonds. The third kappa shape index (κ3) is 4.32. The number of aromatic nitrogens is 2. The molecule has 186 valence electrons. The highest BCUT2D eigenvalue weighted by Crippen LogP contribution is 2.39. The molecular formula is C34H18N4S2. The summed E-state index contributed by atoms with van der Waals surface area (Å²) < 4.78 is 2.26. The molecule has 7 aromatic rings. The van der Waals surface area contributed by atoms with Crippen molar-refractivity contribution in [1.29, 1.82) is 10.5 Å². The lowest BCUT2D eigenvalue weighted by Gasteiger charge is -2.11. The molecule has 0 aliphatic heterocycles. The first-order valence-corrected chi connectivity index (χ1v) is 14.2. The molecule has 4 nitrogen and oxygen atoms in total. The van der Waals surface area contributed by atoms with Crippen molar-refractivity contribution >= 4 is 43.1 Å². The first-order valence-electron chi connectivity index (χ1n) is 12.6. The largest absolute Gasteiger partial charge is 0.236 e. The molecule has 40 heavy (non-hydrogen) atoms. The van der Waals surface area contributed by atoms with Gasteiger partial charge in [-0.25, -0.2) is 9.97 Å². The highest BCUT2D eigenvalue weighted by atomic mass is 32.1. The Morgan fingerprint density at radius 3 is 1.60 bits per heavy atom. The van der Waals surface area contributed by atoms with Gasteiger partial charge in [0, 0.05) is 11.1 Å². The van der Waals surface area contributed by atoms with Crippen LogP contribution in [-0.4, -0.2) is 9.97 Å². The molecule has 0 bridgehead atoms. The predicted octanol–water partition coefficient (Wildman–Crippen LogP) is 9.32. The van der Waals surface area contributed by atoms with Crippen LogP contribution in [-0.2, 0) is 0 Å². The van der Waals surface area contributed by atoms with Gasteiger partial charge in [-0.15, -0.1) is 22.7 Å². The van der Waals surface area contributed by atoms with Gasteiger partial charge in [-0.1, -0.05) is 42.5 Å². The molecule has 7 rings (SSSR count). The van der Waals surface area contributed by atoms with Crippen molar-refractivity contribution < 1.29 is 0 Å². The Balaban J connectivity index is 1.46. The van der Waals surface area contributed by atoms with Crippen LogP contribution in [0.3, 0.4) is 0 Å². The standard InChI is InChI=1S/C34H18N4S2/c35-19-21-13-23(15-25(14-21)28-8-2-1-7-22(28)20-36)24-16-26(33-37-29-9-3-5-11-31(29)39-33)18-27(17-24)34-38-30-10-4-6-12-32(30)40-34/h1-18H. The fourth-order valence-corrected chi connectivity index (χ4v) is 6.78. The number of nitrogens with zero attached hydrogens (tertiary/aromatic N) is 4. The highest BCUT2D eigenvalue weighted by Gasteiger charge is 2.15. The van der Waals surface area contributed by atoms with Gasteiger partial charge >= 0.3 is 0 Å². The van der Waals surface area contributed by atoms with Gasteiger partial charge in [0.2, 0.25) is 0 Å². The molecule has 2 heterocycles. The molecule has 2 aromatic heterocycles. The molecular weight excluding hydrogens is 529 g/mol. The minimum Gasteiger partial charge on any atom is -0.236 e. The maximum atomic E-state index is 9.90. The number of thiazole rings is 2. The Kier molecular flexibility index (Phi) is 5.91. The van der Waals surface area contributed by atoms with E-state index in [-0.39, 0.29) is 0 Å². The van der Waals surface area contributed by atoms with E-state index < -0.39 is 0 Å². The van der Waals surface area contributed by atoms with Crippen molar-refractivity contribution in [3.63, 3.8) is 0 Å². The number of para-hydroxylation sites is 2. The third-order valence-corrected chi connectivity index (χ3v) is 8.94. The molecule has 0 atom stereocenters. The van der Waals surface area contributed by atoms with Crippen LogP contribution >= 0.6 is 22.7 Å². The van der Waals surface area contributed by atoms with Gasteiger partial charge in [0.1, 0.15) is 10.0 Å². The second kappa shape index (κ2) is 9.87. The summed E-state index contributed by atoms with van der Waals surface area (Å²) in [6.07, 6.45) is 0. The molecule has 0 saturated heterocycles.